The van der Waals surface area contributed by atoms with E-state index >= 15 is 0 Å². The number of aliphatic carboxylic acids is 2. The van der Waals surface area contributed by atoms with Gasteiger partial charge in [-0.05, 0) is 0 Å². The fourth-order valence-electron chi connectivity index (χ4n) is 0.841. The maximum absolute atomic E-state index is 10.2. The van der Waals surface area contributed by atoms with Gasteiger partial charge in [0.25, 0.3) is 0 Å². The molecule has 0 unspecified atom stereocenters. The number of carbonyl (C=O) groups is 2. The molecule has 0 atom stereocenters. The van der Waals surface area contributed by atoms with E-state index in [9.17, 15) is 19.4 Å². The number of nitrogens with zero attached hydrogens (tertiary/aromatic N) is 4. The van der Waals surface area contributed by atoms with E-state index in [1.807, 2.05) is 0 Å². The summed E-state index contributed by atoms with van der Waals surface area (Å²) in [6, 6.07) is 0. The van der Waals surface area contributed by atoms with Gasteiger partial charge in [0.1, 0.15) is 13.1 Å². The Hall–Kier alpha value is -2.26. The van der Waals surface area contributed by atoms with E-state index in [-0.39, 0.29) is 13.1 Å². The Bertz CT molecular complexity index is 254. The number of hydrogen-bond acceptors (Lipinski definition) is 6. The highest BCUT2D eigenvalue weighted by Gasteiger charge is 2.13. The van der Waals surface area contributed by atoms with Crippen LogP contribution in [-0.4, -0.2) is 58.3 Å². The van der Waals surface area contributed by atoms with Crippen molar-refractivity contribution in [3.8, 4) is 0 Å². The van der Waals surface area contributed by atoms with Gasteiger partial charge < -0.3 is 10.2 Å². The zero-order valence-corrected chi connectivity index (χ0v) is 8.14. The number of rotatable bonds is 9. The zero-order chi connectivity index (χ0) is 12.6. The van der Waals surface area contributed by atoms with E-state index in [1.54, 1.807) is 0 Å². The van der Waals surface area contributed by atoms with Crippen LogP contribution in [0.25, 0.3) is 0 Å². The molecule has 0 aromatic carbocycles. The molecule has 0 aliphatic heterocycles. The lowest BCUT2D eigenvalue weighted by Crippen LogP contribution is -2.34. The topological polar surface area (TPSA) is 140 Å². The largest absolute Gasteiger partial charge is 0.480 e. The van der Waals surface area contributed by atoms with Crippen LogP contribution in [0.2, 0.25) is 0 Å². The average molecular weight is 234 g/mol. The third kappa shape index (κ3) is 6.23. The SMILES string of the molecule is O=NN(CCN(CC(=O)O)N=O)CC(=O)O. The van der Waals surface area contributed by atoms with Crippen molar-refractivity contribution in [3.63, 3.8) is 0 Å². The minimum atomic E-state index is -1.26. The van der Waals surface area contributed by atoms with Crippen LogP contribution in [0.1, 0.15) is 0 Å². The maximum Gasteiger partial charge on any atom is 0.325 e. The lowest BCUT2D eigenvalue weighted by atomic mass is 10.5. The van der Waals surface area contributed by atoms with Crippen LogP contribution >= 0.6 is 0 Å². The lowest BCUT2D eigenvalue weighted by Gasteiger charge is -2.16. The summed E-state index contributed by atoms with van der Waals surface area (Å²) in [6.07, 6.45) is 0. The molecule has 10 nitrogen and oxygen atoms in total. The van der Waals surface area contributed by atoms with Gasteiger partial charge in [-0.3, -0.25) is 9.59 Å². The molecule has 0 aromatic rings. The first-order valence-corrected chi connectivity index (χ1v) is 4.09. The molecule has 0 rings (SSSR count). The average Bonchev–Trinajstić information content (AvgIpc) is 2.20. The quantitative estimate of drug-likeness (QED) is 0.387. The molecular formula is C6H10N4O6. The second kappa shape index (κ2) is 7.09. The first kappa shape index (κ1) is 13.7. The van der Waals surface area contributed by atoms with Crippen LogP contribution in [0.3, 0.4) is 0 Å². The van der Waals surface area contributed by atoms with E-state index in [1.165, 1.54) is 0 Å². The molecule has 90 valence electrons. The monoisotopic (exact) mass is 234 g/mol. The van der Waals surface area contributed by atoms with Gasteiger partial charge in [-0.15, -0.1) is 9.81 Å². The van der Waals surface area contributed by atoms with Crippen LogP contribution in [0.5, 0.6) is 0 Å². The molecule has 0 saturated carbocycles. The standard InChI is InChI=1S/C6H10N4O6/c11-5(12)3-9(7-15)1-2-10(8-16)4-6(13)14/h1-4H2,(H,11,12)(H,13,14). The summed E-state index contributed by atoms with van der Waals surface area (Å²) in [5.41, 5.74) is 0. The molecule has 0 saturated heterocycles. The third-order valence-corrected chi connectivity index (χ3v) is 1.48. The zero-order valence-electron chi connectivity index (χ0n) is 8.14. The molecule has 2 N–H and O–H groups in total. The van der Waals surface area contributed by atoms with Gasteiger partial charge in [-0.1, -0.05) is 0 Å². The Balaban J connectivity index is 4.06. The van der Waals surface area contributed by atoms with Crippen molar-refractivity contribution in [1.29, 1.82) is 0 Å². The summed E-state index contributed by atoms with van der Waals surface area (Å²) in [5.74, 6) is -2.52. The van der Waals surface area contributed by atoms with E-state index in [0.29, 0.717) is 10.0 Å². The summed E-state index contributed by atoms with van der Waals surface area (Å²) in [6.45, 7) is -1.64. The molecule has 0 amide bonds. The van der Waals surface area contributed by atoms with Crippen molar-refractivity contribution in [1.82, 2.24) is 10.0 Å². The molecule has 0 spiro atoms. The summed E-state index contributed by atoms with van der Waals surface area (Å²) < 4.78 is 0. The van der Waals surface area contributed by atoms with E-state index in [0.717, 1.165) is 0 Å². The molecule has 10 heteroatoms. The Morgan fingerprint density at radius 1 is 0.875 bits per heavy atom. The number of nitroso groups, excluding NO2 is 2. The van der Waals surface area contributed by atoms with Crippen molar-refractivity contribution in [2.45, 2.75) is 0 Å². The Morgan fingerprint density at radius 3 is 1.38 bits per heavy atom. The second-order valence-electron chi connectivity index (χ2n) is 2.73. The Morgan fingerprint density at radius 2 is 1.19 bits per heavy atom. The van der Waals surface area contributed by atoms with E-state index < -0.39 is 25.0 Å². The molecule has 0 aliphatic carbocycles. The minimum absolute atomic E-state index is 0.200. The van der Waals surface area contributed by atoms with Crippen LogP contribution in [0.15, 0.2) is 10.6 Å². The third-order valence-electron chi connectivity index (χ3n) is 1.48. The first-order chi connectivity index (χ1) is 7.49. The summed E-state index contributed by atoms with van der Waals surface area (Å²) in [5, 5.41) is 22.8. The first-order valence-electron chi connectivity index (χ1n) is 4.09. The van der Waals surface area contributed by atoms with Crippen molar-refractivity contribution in [3.05, 3.63) is 9.81 Å². The van der Waals surface area contributed by atoms with Crippen LogP contribution in [0.4, 0.5) is 0 Å². The highest BCUT2D eigenvalue weighted by atomic mass is 16.4. The molecule has 0 aromatic heterocycles. The fraction of sp³-hybridized carbons (Fsp3) is 0.667. The predicted octanol–water partition coefficient (Wildman–Crippen LogP) is -0.878. The normalized spacial score (nSPS) is 9.25. The highest BCUT2D eigenvalue weighted by molar-refractivity contribution is 5.69. The lowest BCUT2D eigenvalue weighted by molar-refractivity contribution is -0.140. The molecule has 0 bridgehead atoms. The van der Waals surface area contributed by atoms with Gasteiger partial charge in [-0.25, -0.2) is 10.0 Å². The second-order valence-corrected chi connectivity index (χ2v) is 2.73. The minimum Gasteiger partial charge on any atom is -0.480 e. The number of carboxylic acid groups (broad SMARTS) is 2. The van der Waals surface area contributed by atoms with Gasteiger partial charge >= 0.3 is 11.9 Å². The van der Waals surface area contributed by atoms with Crippen molar-refractivity contribution in [2.24, 2.45) is 10.6 Å². The molecule has 0 radical (unpaired) electrons. The fourth-order valence-corrected chi connectivity index (χ4v) is 0.841. The summed E-state index contributed by atoms with van der Waals surface area (Å²) >= 11 is 0. The smallest absolute Gasteiger partial charge is 0.325 e. The highest BCUT2D eigenvalue weighted by Crippen LogP contribution is 1.93. The van der Waals surface area contributed by atoms with Gasteiger partial charge in [-0.2, -0.15) is 0 Å². The van der Waals surface area contributed by atoms with E-state index in [4.69, 9.17) is 10.2 Å². The molecule has 0 heterocycles. The van der Waals surface area contributed by atoms with Gasteiger partial charge in [0.15, 0.2) is 0 Å². The van der Waals surface area contributed by atoms with E-state index in [2.05, 4.69) is 10.6 Å². The summed E-state index contributed by atoms with van der Waals surface area (Å²) in [4.78, 5) is 40.7. The Labute approximate surface area is 89.3 Å². The number of hydrogen-bond donors (Lipinski definition) is 2. The van der Waals surface area contributed by atoms with Gasteiger partial charge in [0, 0.05) is 0 Å². The number of carboxylic acids is 2. The predicted molar refractivity (Wildman–Crippen MR) is 50.0 cm³/mol. The van der Waals surface area contributed by atoms with Crippen molar-refractivity contribution < 1.29 is 19.8 Å². The maximum atomic E-state index is 10.2. The van der Waals surface area contributed by atoms with Crippen LogP contribution in [0, 0.1) is 9.81 Å². The molecule has 16 heavy (non-hydrogen) atoms. The van der Waals surface area contributed by atoms with Crippen LogP contribution in [-0.2, 0) is 9.59 Å². The molecule has 0 aliphatic rings. The van der Waals surface area contributed by atoms with Gasteiger partial charge in [0.05, 0.1) is 23.7 Å². The summed E-state index contributed by atoms with van der Waals surface area (Å²) in [7, 11) is 0. The van der Waals surface area contributed by atoms with Crippen molar-refractivity contribution >= 4 is 11.9 Å². The van der Waals surface area contributed by atoms with Gasteiger partial charge in [0.2, 0.25) is 0 Å². The van der Waals surface area contributed by atoms with Crippen molar-refractivity contribution in [2.75, 3.05) is 26.2 Å². The molecule has 0 fully saturated rings. The molecular weight excluding hydrogens is 224 g/mol. The Kier molecular flexibility index (Phi) is 6.09. The van der Waals surface area contributed by atoms with Crippen LogP contribution < -0.4 is 0 Å².